The Labute approximate surface area is 194 Å². The number of nitrogens with zero attached hydrogens (tertiary/aromatic N) is 1. The summed E-state index contributed by atoms with van der Waals surface area (Å²) >= 11 is 0. The standard InChI is InChI=1S/C28H28N2O3/c1-19-23(18-27(31)29-16-15-20-13-14-25(32-2)26(17-20)33-3)28(21-9-5-4-6-10-21)22-11-7-8-12-24(22)30-19/h4-14,17H,15-16,18H2,1-3H3,(H,29,31). The van der Waals surface area contributed by atoms with Crippen LogP contribution in [0, 0.1) is 6.92 Å². The molecule has 5 heteroatoms. The normalized spacial score (nSPS) is 10.8. The highest BCUT2D eigenvalue weighted by molar-refractivity contribution is 5.98. The summed E-state index contributed by atoms with van der Waals surface area (Å²) in [5.74, 6) is 1.36. The smallest absolute Gasteiger partial charge is 0.224 e. The van der Waals surface area contributed by atoms with Crippen LogP contribution in [0.3, 0.4) is 0 Å². The number of carbonyl (C=O) groups excluding carboxylic acids is 1. The largest absolute Gasteiger partial charge is 0.493 e. The molecule has 0 aliphatic rings. The van der Waals surface area contributed by atoms with E-state index in [-0.39, 0.29) is 12.3 Å². The second-order valence-electron chi connectivity index (χ2n) is 7.90. The van der Waals surface area contributed by atoms with Gasteiger partial charge in [-0.05, 0) is 53.8 Å². The number of aromatic nitrogens is 1. The van der Waals surface area contributed by atoms with E-state index in [9.17, 15) is 4.79 Å². The van der Waals surface area contributed by atoms with Crippen LogP contribution in [0.2, 0.25) is 0 Å². The molecule has 1 heterocycles. The summed E-state index contributed by atoms with van der Waals surface area (Å²) in [7, 11) is 3.23. The van der Waals surface area contributed by atoms with Crippen molar-refractivity contribution in [3.05, 3.63) is 89.6 Å². The number of nitrogens with one attached hydrogen (secondary N) is 1. The van der Waals surface area contributed by atoms with Crippen molar-refractivity contribution in [2.75, 3.05) is 20.8 Å². The van der Waals surface area contributed by atoms with Crippen LogP contribution in [0.5, 0.6) is 11.5 Å². The van der Waals surface area contributed by atoms with Gasteiger partial charge in [-0.2, -0.15) is 0 Å². The molecule has 1 N–H and O–H groups in total. The molecular weight excluding hydrogens is 412 g/mol. The monoisotopic (exact) mass is 440 g/mol. The third kappa shape index (κ3) is 4.98. The molecule has 0 aliphatic carbocycles. The number of aryl methyl sites for hydroxylation is 1. The Kier molecular flexibility index (Phi) is 6.89. The minimum Gasteiger partial charge on any atom is -0.493 e. The number of benzene rings is 3. The van der Waals surface area contributed by atoms with Crippen LogP contribution >= 0.6 is 0 Å². The van der Waals surface area contributed by atoms with E-state index in [0.29, 0.717) is 24.5 Å². The van der Waals surface area contributed by atoms with Gasteiger partial charge < -0.3 is 14.8 Å². The summed E-state index contributed by atoms with van der Waals surface area (Å²) in [5.41, 5.74) is 6.01. The minimum atomic E-state index is -0.0205. The highest BCUT2D eigenvalue weighted by atomic mass is 16.5. The Hall–Kier alpha value is -3.86. The number of amides is 1. The Morgan fingerprint density at radius 1 is 0.909 bits per heavy atom. The summed E-state index contributed by atoms with van der Waals surface area (Å²) in [4.78, 5) is 17.7. The zero-order chi connectivity index (χ0) is 23.2. The molecule has 1 aromatic heterocycles. The van der Waals surface area contributed by atoms with E-state index in [1.54, 1.807) is 14.2 Å². The first-order chi connectivity index (χ1) is 16.1. The number of ether oxygens (including phenoxy) is 2. The molecule has 0 atom stereocenters. The summed E-state index contributed by atoms with van der Waals surface area (Å²) in [6, 6.07) is 24.1. The van der Waals surface area contributed by atoms with Crippen molar-refractivity contribution in [2.24, 2.45) is 0 Å². The van der Waals surface area contributed by atoms with Crippen molar-refractivity contribution >= 4 is 16.8 Å². The molecule has 4 rings (SSSR count). The van der Waals surface area contributed by atoms with Crippen LogP contribution in [0.25, 0.3) is 22.0 Å². The molecule has 1 amide bonds. The fourth-order valence-electron chi connectivity index (χ4n) is 4.13. The quantitative estimate of drug-likeness (QED) is 0.413. The second kappa shape index (κ2) is 10.2. The Morgan fingerprint density at radius 3 is 2.39 bits per heavy atom. The van der Waals surface area contributed by atoms with Gasteiger partial charge in [0, 0.05) is 17.6 Å². The van der Waals surface area contributed by atoms with Crippen molar-refractivity contribution in [3.63, 3.8) is 0 Å². The molecule has 0 aliphatic heterocycles. The number of rotatable bonds is 8. The molecule has 4 aromatic rings. The highest BCUT2D eigenvalue weighted by Gasteiger charge is 2.17. The second-order valence-corrected chi connectivity index (χ2v) is 7.90. The van der Waals surface area contributed by atoms with Crippen molar-refractivity contribution in [1.82, 2.24) is 10.3 Å². The molecule has 0 radical (unpaired) electrons. The van der Waals surface area contributed by atoms with Gasteiger partial charge in [-0.1, -0.05) is 54.6 Å². The molecule has 5 nitrogen and oxygen atoms in total. The summed E-state index contributed by atoms with van der Waals surface area (Å²) in [6.07, 6.45) is 0.979. The third-order valence-corrected chi connectivity index (χ3v) is 5.78. The lowest BCUT2D eigenvalue weighted by Crippen LogP contribution is -2.27. The molecule has 33 heavy (non-hydrogen) atoms. The van der Waals surface area contributed by atoms with Crippen molar-refractivity contribution in [1.29, 1.82) is 0 Å². The number of hydrogen-bond donors (Lipinski definition) is 1. The maximum Gasteiger partial charge on any atom is 0.224 e. The van der Waals surface area contributed by atoms with Crippen LogP contribution in [-0.2, 0) is 17.6 Å². The van der Waals surface area contributed by atoms with Crippen LogP contribution in [0.4, 0.5) is 0 Å². The van der Waals surface area contributed by atoms with Gasteiger partial charge in [-0.25, -0.2) is 0 Å². The first kappa shape index (κ1) is 22.3. The average molecular weight is 441 g/mol. The van der Waals surface area contributed by atoms with E-state index in [1.807, 2.05) is 61.5 Å². The number of methoxy groups -OCH3 is 2. The maximum absolute atomic E-state index is 12.9. The van der Waals surface area contributed by atoms with Crippen molar-refractivity contribution in [3.8, 4) is 22.6 Å². The molecule has 168 valence electrons. The van der Waals surface area contributed by atoms with Gasteiger partial charge in [-0.3, -0.25) is 9.78 Å². The van der Waals surface area contributed by atoms with Crippen LogP contribution in [0.1, 0.15) is 16.8 Å². The SMILES string of the molecule is COc1ccc(CCNC(=O)Cc2c(C)nc3ccccc3c2-c2ccccc2)cc1OC. The zero-order valence-electron chi connectivity index (χ0n) is 19.2. The van der Waals surface area contributed by atoms with Crippen LogP contribution < -0.4 is 14.8 Å². The van der Waals surface area contributed by atoms with Gasteiger partial charge in [0.05, 0.1) is 26.2 Å². The fourth-order valence-corrected chi connectivity index (χ4v) is 4.13. The lowest BCUT2D eigenvalue weighted by molar-refractivity contribution is -0.120. The van der Waals surface area contributed by atoms with Crippen molar-refractivity contribution in [2.45, 2.75) is 19.8 Å². The third-order valence-electron chi connectivity index (χ3n) is 5.78. The van der Waals surface area contributed by atoms with Gasteiger partial charge in [0.25, 0.3) is 0 Å². The summed E-state index contributed by atoms with van der Waals surface area (Å²) in [5, 5.41) is 4.12. The number of hydrogen-bond acceptors (Lipinski definition) is 4. The maximum atomic E-state index is 12.9. The number of pyridine rings is 1. The molecule has 0 saturated heterocycles. The fraction of sp³-hybridized carbons (Fsp3) is 0.214. The molecule has 0 unspecified atom stereocenters. The van der Waals surface area contributed by atoms with Crippen LogP contribution in [0.15, 0.2) is 72.8 Å². The lowest BCUT2D eigenvalue weighted by atomic mass is 9.92. The van der Waals surface area contributed by atoms with E-state index in [0.717, 1.165) is 38.9 Å². The average Bonchev–Trinajstić information content (AvgIpc) is 2.85. The van der Waals surface area contributed by atoms with Gasteiger partial charge in [0.1, 0.15) is 0 Å². The van der Waals surface area contributed by atoms with Gasteiger partial charge in [-0.15, -0.1) is 0 Å². The molecular formula is C28H28N2O3. The zero-order valence-corrected chi connectivity index (χ0v) is 19.2. The predicted molar refractivity (Wildman–Crippen MR) is 132 cm³/mol. The van der Waals surface area contributed by atoms with Gasteiger partial charge >= 0.3 is 0 Å². The molecule has 0 saturated carbocycles. The first-order valence-corrected chi connectivity index (χ1v) is 11.0. The van der Waals surface area contributed by atoms with E-state index in [4.69, 9.17) is 14.5 Å². The van der Waals surface area contributed by atoms with Crippen molar-refractivity contribution < 1.29 is 14.3 Å². The lowest BCUT2D eigenvalue weighted by Gasteiger charge is -2.16. The predicted octanol–water partition coefficient (Wildman–Crippen LogP) is 5.13. The summed E-state index contributed by atoms with van der Waals surface area (Å²) < 4.78 is 10.7. The van der Waals surface area contributed by atoms with Gasteiger partial charge in [0.15, 0.2) is 11.5 Å². The van der Waals surface area contributed by atoms with E-state index < -0.39 is 0 Å². The highest BCUT2D eigenvalue weighted by Crippen LogP contribution is 2.33. The minimum absolute atomic E-state index is 0.0205. The number of para-hydroxylation sites is 1. The Morgan fingerprint density at radius 2 is 1.64 bits per heavy atom. The molecule has 0 spiro atoms. The van der Waals surface area contributed by atoms with E-state index in [1.165, 1.54) is 0 Å². The van der Waals surface area contributed by atoms with E-state index in [2.05, 4.69) is 23.5 Å². The molecule has 0 fully saturated rings. The van der Waals surface area contributed by atoms with Gasteiger partial charge in [0.2, 0.25) is 5.91 Å². The number of carbonyl (C=O) groups is 1. The first-order valence-electron chi connectivity index (χ1n) is 11.0. The Bertz CT molecular complexity index is 1270. The summed E-state index contributed by atoms with van der Waals surface area (Å²) in [6.45, 7) is 2.51. The topological polar surface area (TPSA) is 60.5 Å². The van der Waals surface area contributed by atoms with E-state index >= 15 is 0 Å². The number of fused-ring (bicyclic) bond motifs is 1. The van der Waals surface area contributed by atoms with Crippen LogP contribution in [-0.4, -0.2) is 31.7 Å². The molecule has 0 bridgehead atoms. The Balaban J connectivity index is 1.53. The molecule has 3 aromatic carbocycles.